The van der Waals surface area contributed by atoms with Gasteiger partial charge in [-0.05, 0) is 30.7 Å². The molecule has 10 heteroatoms. The summed E-state index contributed by atoms with van der Waals surface area (Å²) in [6, 6.07) is 11.1. The lowest BCUT2D eigenvalue weighted by molar-refractivity contribution is -0.383. The molecule has 2 aromatic rings. The molecule has 0 aliphatic rings. The summed E-state index contributed by atoms with van der Waals surface area (Å²) in [5.41, 5.74) is 5.64. The van der Waals surface area contributed by atoms with Gasteiger partial charge in [0.05, 0.1) is 10.5 Å². The molecule has 1 atom stereocenters. The van der Waals surface area contributed by atoms with Gasteiger partial charge in [-0.3, -0.25) is 14.9 Å². The van der Waals surface area contributed by atoms with Crippen LogP contribution >= 0.6 is 0 Å². The van der Waals surface area contributed by atoms with Crippen LogP contribution in [0.2, 0.25) is 0 Å². The second-order valence-electron chi connectivity index (χ2n) is 5.73. The maximum absolute atomic E-state index is 12.2. The normalized spacial score (nSPS) is 11.2. The van der Waals surface area contributed by atoms with E-state index in [-0.39, 0.29) is 23.5 Å². The summed E-state index contributed by atoms with van der Waals surface area (Å²) >= 11 is 0. The first-order chi connectivity index (χ1) is 13.3. The van der Waals surface area contributed by atoms with Crippen LogP contribution in [0, 0.1) is 10.1 Å². The molecule has 2 aromatic carbocycles. The Balaban J connectivity index is 1.97. The molecular formula is C18H18N4O6. The zero-order valence-electron chi connectivity index (χ0n) is 14.9. The number of carbonyl (C=O) groups excluding carboxylic acids is 3. The van der Waals surface area contributed by atoms with Gasteiger partial charge in [0.1, 0.15) is 5.69 Å². The molecule has 0 aliphatic heterocycles. The Kier molecular flexibility index (Phi) is 6.63. The molecule has 0 spiro atoms. The average molecular weight is 386 g/mol. The number of anilines is 1. The fourth-order valence-corrected chi connectivity index (χ4v) is 2.20. The molecule has 4 N–H and O–H groups in total. The summed E-state index contributed by atoms with van der Waals surface area (Å²) < 4.78 is 5.10. The molecule has 0 saturated carbocycles. The van der Waals surface area contributed by atoms with Crippen LogP contribution in [0.1, 0.15) is 22.8 Å². The third kappa shape index (κ3) is 5.53. The Morgan fingerprint density at radius 3 is 2.39 bits per heavy atom. The van der Waals surface area contributed by atoms with Crippen molar-refractivity contribution in [3.63, 3.8) is 0 Å². The van der Waals surface area contributed by atoms with E-state index in [9.17, 15) is 24.5 Å². The Labute approximate surface area is 159 Å². The molecular weight excluding hydrogens is 368 g/mol. The van der Waals surface area contributed by atoms with E-state index < -0.39 is 28.9 Å². The number of urea groups is 1. The Hall–Kier alpha value is -3.95. The van der Waals surface area contributed by atoms with E-state index in [0.29, 0.717) is 0 Å². The number of hydrogen-bond donors (Lipinski definition) is 3. The van der Waals surface area contributed by atoms with Crippen LogP contribution in [-0.4, -0.2) is 28.9 Å². The molecule has 0 radical (unpaired) electrons. The van der Waals surface area contributed by atoms with Crippen LogP contribution in [0.15, 0.2) is 48.5 Å². The highest BCUT2D eigenvalue weighted by atomic mass is 16.6. The molecule has 0 aromatic heterocycles. The highest BCUT2D eigenvalue weighted by molar-refractivity contribution is 5.98. The molecule has 0 saturated heterocycles. The number of hydrogen-bond acceptors (Lipinski definition) is 6. The topological polar surface area (TPSA) is 154 Å². The molecule has 0 aliphatic carbocycles. The fourth-order valence-electron chi connectivity index (χ4n) is 2.20. The summed E-state index contributed by atoms with van der Waals surface area (Å²) in [5.74, 6) is -1.44. The SMILES string of the molecule is CC(OC(=O)c1ccc(CNC(N)=O)cc1)C(=O)Nc1ccccc1[N+](=O)[O-]. The molecule has 0 fully saturated rings. The van der Waals surface area contributed by atoms with Crippen molar-refractivity contribution in [1.29, 1.82) is 0 Å². The maximum atomic E-state index is 12.2. The van der Waals surface area contributed by atoms with Gasteiger partial charge in [-0.2, -0.15) is 0 Å². The number of carbonyl (C=O) groups is 3. The average Bonchev–Trinajstić information content (AvgIpc) is 2.66. The van der Waals surface area contributed by atoms with Crippen LogP contribution in [0.5, 0.6) is 0 Å². The number of nitrogens with two attached hydrogens (primary N) is 1. The summed E-state index contributed by atoms with van der Waals surface area (Å²) in [4.78, 5) is 45.4. The minimum Gasteiger partial charge on any atom is -0.449 e. The number of rotatable bonds is 7. The minimum atomic E-state index is -1.18. The Morgan fingerprint density at radius 1 is 1.14 bits per heavy atom. The number of nitro groups is 1. The lowest BCUT2D eigenvalue weighted by Crippen LogP contribution is -2.30. The largest absolute Gasteiger partial charge is 0.449 e. The highest BCUT2D eigenvalue weighted by Crippen LogP contribution is 2.23. The van der Waals surface area contributed by atoms with Gasteiger partial charge in [0.15, 0.2) is 6.10 Å². The van der Waals surface area contributed by atoms with E-state index in [1.54, 1.807) is 12.1 Å². The predicted octanol–water partition coefficient (Wildman–Crippen LogP) is 1.95. The van der Waals surface area contributed by atoms with Crippen molar-refractivity contribution in [2.75, 3.05) is 5.32 Å². The maximum Gasteiger partial charge on any atom is 0.338 e. The number of benzene rings is 2. The second kappa shape index (κ2) is 9.12. The number of ether oxygens (including phenoxy) is 1. The van der Waals surface area contributed by atoms with E-state index in [1.165, 1.54) is 43.3 Å². The van der Waals surface area contributed by atoms with Crippen LogP contribution in [-0.2, 0) is 16.1 Å². The first-order valence-corrected chi connectivity index (χ1v) is 8.15. The van der Waals surface area contributed by atoms with Crippen molar-refractivity contribution in [2.45, 2.75) is 19.6 Å². The van der Waals surface area contributed by atoms with Gasteiger partial charge in [0.2, 0.25) is 0 Å². The fraction of sp³-hybridized carbons (Fsp3) is 0.167. The molecule has 10 nitrogen and oxygen atoms in total. The van der Waals surface area contributed by atoms with E-state index >= 15 is 0 Å². The first kappa shape index (κ1) is 20.4. The first-order valence-electron chi connectivity index (χ1n) is 8.15. The number of primary amides is 1. The number of nitrogens with zero attached hydrogens (tertiary/aromatic N) is 1. The smallest absolute Gasteiger partial charge is 0.338 e. The summed E-state index contributed by atoms with van der Waals surface area (Å²) in [7, 11) is 0. The zero-order chi connectivity index (χ0) is 20.7. The van der Waals surface area contributed by atoms with Gasteiger partial charge in [0.25, 0.3) is 11.6 Å². The Morgan fingerprint density at radius 2 is 1.79 bits per heavy atom. The van der Waals surface area contributed by atoms with Crippen molar-refractivity contribution in [3.05, 3.63) is 69.8 Å². The van der Waals surface area contributed by atoms with Crippen LogP contribution < -0.4 is 16.4 Å². The molecule has 0 heterocycles. The number of esters is 1. The summed E-state index contributed by atoms with van der Waals surface area (Å²) in [5, 5.41) is 15.8. The van der Waals surface area contributed by atoms with Crippen molar-refractivity contribution < 1.29 is 24.0 Å². The van der Waals surface area contributed by atoms with Gasteiger partial charge in [-0.1, -0.05) is 24.3 Å². The van der Waals surface area contributed by atoms with E-state index in [2.05, 4.69) is 10.6 Å². The summed E-state index contributed by atoms with van der Waals surface area (Å²) in [6.07, 6.45) is -1.18. The quantitative estimate of drug-likeness (QED) is 0.375. The van der Waals surface area contributed by atoms with Crippen LogP contribution in [0.25, 0.3) is 0 Å². The third-order valence-electron chi connectivity index (χ3n) is 3.67. The van der Waals surface area contributed by atoms with Crippen molar-refractivity contribution >= 4 is 29.3 Å². The monoisotopic (exact) mass is 386 g/mol. The van der Waals surface area contributed by atoms with Gasteiger partial charge in [0, 0.05) is 12.6 Å². The Bertz CT molecular complexity index is 897. The van der Waals surface area contributed by atoms with Crippen LogP contribution in [0.4, 0.5) is 16.2 Å². The van der Waals surface area contributed by atoms with Crippen molar-refractivity contribution in [2.24, 2.45) is 5.73 Å². The second-order valence-corrected chi connectivity index (χ2v) is 5.73. The molecule has 28 heavy (non-hydrogen) atoms. The summed E-state index contributed by atoms with van der Waals surface area (Å²) in [6.45, 7) is 1.56. The minimum absolute atomic E-state index is 0.00621. The van der Waals surface area contributed by atoms with E-state index in [0.717, 1.165) is 5.56 Å². The van der Waals surface area contributed by atoms with Gasteiger partial charge >= 0.3 is 12.0 Å². The zero-order valence-corrected chi connectivity index (χ0v) is 14.9. The van der Waals surface area contributed by atoms with E-state index in [1.807, 2.05) is 0 Å². The predicted molar refractivity (Wildman–Crippen MR) is 99.5 cm³/mol. The van der Waals surface area contributed by atoms with Crippen molar-refractivity contribution in [3.8, 4) is 0 Å². The van der Waals surface area contributed by atoms with Gasteiger partial charge < -0.3 is 21.1 Å². The molecule has 146 valence electrons. The molecule has 0 bridgehead atoms. The molecule has 1 unspecified atom stereocenters. The lowest BCUT2D eigenvalue weighted by atomic mass is 10.1. The lowest BCUT2D eigenvalue weighted by Gasteiger charge is -2.14. The molecule has 3 amide bonds. The number of para-hydroxylation sites is 2. The van der Waals surface area contributed by atoms with Crippen LogP contribution in [0.3, 0.4) is 0 Å². The highest BCUT2D eigenvalue weighted by Gasteiger charge is 2.22. The number of nitrogens with one attached hydrogen (secondary N) is 2. The molecule has 2 rings (SSSR count). The standard InChI is InChI=1S/C18H18N4O6/c1-11(16(23)21-14-4-2-3-5-15(14)22(26)27)28-17(24)13-8-6-12(7-9-13)10-20-18(19)25/h2-9,11H,10H2,1H3,(H,21,23)(H3,19,20,25). The van der Waals surface area contributed by atoms with E-state index in [4.69, 9.17) is 10.5 Å². The number of amides is 3. The van der Waals surface area contributed by atoms with Crippen molar-refractivity contribution in [1.82, 2.24) is 5.32 Å². The third-order valence-corrected chi connectivity index (χ3v) is 3.67. The van der Waals surface area contributed by atoms with Gasteiger partial charge in [-0.15, -0.1) is 0 Å². The van der Waals surface area contributed by atoms with Gasteiger partial charge in [-0.25, -0.2) is 9.59 Å². The number of nitro benzene ring substituents is 1.